The van der Waals surface area contributed by atoms with E-state index >= 15 is 0 Å². The zero-order valence-electron chi connectivity index (χ0n) is 8.53. The van der Waals surface area contributed by atoms with E-state index in [1.165, 1.54) is 6.07 Å². The van der Waals surface area contributed by atoms with Gasteiger partial charge in [0.05, 0.1) is 13.1 Å². The van der Waals surface area contributed by atoms with E-state index in [-0.39, 0.29) is 5.82 Å². The first kappa shape index (κ1) is 11.3. The van der Waals surface area contributed by atoms with Crippen LogP contribution in [-0.4, -0.2) is 9.55 Å². The maximum atomic E-state index is 13.6. The lowest BCUT2D eigenvalue weighted by molar-refractivity contribution is 0.593. The summed E-state index contributed by atoms with van der Waals surface area (Å²) in [6, 6.07) is 5.02. The number of hydrogen-bond donors (Lipinski definition) is 1. The highest BCUT2D eigenvalue weighted by Crippen LogP contribution is 2.16. The molecule has 0 aliphatic carbocycles. The van der Waals surface area contributed by atoms with Crippen molar-refractivity contribution in [1.82, 2.24) is 9.55 Å². The van der Waals surface area contributed by atoms with E-state index in [1.54, 1.807) is 18.5 Å². The Hall–Kier alpha value is -1.20. The van der Waals surface area contributed by atoms with E-state index in [4.69, 9.17) is 5.73 Å². The van der Waals surface area contributed by atoms with Crippen LogP contribution in [-0.2, 0) is 13.1 Å². The minimum absolute atomic E-state index is 0.231. The van der Waals surface area contributed by atoms with Crippen LogP contribution in [0.1, 0.15) is 11.4 Å². The van der Waals surface area contributed by atoms with Crippen molar-refractivity contribution in [3.05, 3.63) is 52.3 Å². The summed E-state index contributed by atoms with van der Waals surface area (Å²) in [6.07, 6.45) is 3.46. The predicted molar refractivity (Wildman–Crippen MR) is 63.3 cm³/mol. The molecule has 3 nitrogen and oxygen atoms in total. The molecule has 0 saturated heterocycles. The molecule has 0 bridgehead atoms. The normalized spacial score (nSPS) is 10.7. The molecule has 0 aliphatic rings. The van der Waals surface area contributed by atoms with Crippen LogP contribution in [0, 0.1) is 5.82 Å². The molecule has 0 fully saturated rings. The summed E-state index contributed by atoms with van der Waals surface area (Å²) >= 11 is 3.22. The van der Waals surface area contributed by atoms with Gasteiger partial charge in [-0.2, -0.15) is 0 Å². The smallest absolute Gasteiger partial charge is 0.129 e. The molecule has 5 heteroatoms. The monoisotopic (exact) mass is 283 g/mol. The first-order valence-electron chi connectivity index (χ1n) is 4.84. The van der Waals surface area contributed by atoms with Gasteiger partial charge in [0.15, 0.2) is 0 Å². The molecule has 1 aromatic carbocycles. The van der Waals surface area contributed by atoms with Gasteiger partial charge >= 0.3 is 0 Å². The van der Waals surface area contributed by atoms with Gasteiger partial charge in [0.25, 0.3) is 0 Å². The molecular weight excluding hydrogens is 273 g/mol. The Balaban J connectivity index is 2.27. The highest BCUT2D eigenvalue weighted by atomic mass is 79.9. The highest BCUT2D eigenvalue weighted by molar-refractivity contribution is 9.10. The zero-order valence-corrected chi connectivity index (χ0v) is 10.1. The van der Waals surface area contributed by atoms with Crippen LogP contribution in [0.25, 0.3) is 0 Å². The van der Waals surface area contributed by atoms with E-state index < -0.39 is 0 Å². The number of aromatic nitrogens is 2. The first-order chi connectivity index (χ1) is 7.70. The van der Waals surface area contributed by atoms with Crippen molar-refractivity contribution in [2.45, 2.75) is 13.1 Å². The van der Waals surface area contributed by atoms with E-state index in [9.17, 15) is 4.39 Å². The molecular formula is C11H11BrFN3. The number of imidazole rings is 1. The van der Waals surface area contributed by atoms with Gasteiger partial charge in [-0.15, -0.1) is 0 Å². The standard InChI is InChI=1S/C11H11BrFN3/c12-9-2-1-8(10(13)5-9)7-16-4-3-15-11(16)6-14/h1-5H,6-7,14H2. The molecule has 0 saturated carbocycles. The third-order valence-corrected chi connectivity index (χ3v) is 2.83. The number of hydrogen-bond acceptors (Lipinski definition) is 2. The Kier molecular flexibility index (Phi) is 3.36. The van der Waals surface area contributed by atoms with Gasteiger partial charge in [-0.05, 0) is 12.1 Å². The Morgan fingerprint density at radius 2 is 2.25 bits per heavy atom. The molecule has 2 aromatic rings. The number of rotatable bonds is 3. The molecule has 0 unspecified atom stereocenters. The van der Waals surface area contributed by atoms with Crippen molar-refractivity contribution in [2.75, 3.05) is 0 Å². The summed E-state index contributed by atoms with van der Waals surface area (Å²) < 4.78 is 16.2. The summed E-state index contributed by atoms with van der Waals surface area (Å²) in [6.45, 7) is 0.802. The lowest BCUT2D eigenvalue weighted by Crippen LogP contribution is -2.09. The predicted octanol–water partition coefficient (Wildman–Crippen LogP) is 2.29. The lowest BCUT2D eigenvalue weighted by Gasteiger charge is -2.07. The molecule has 16 heavy (non-hydrogen) atoms. The van der Waals surface area contributed by atoms with Crippen LogP contribution in [0.15, 0.2) is 35.1 Å². The van der Waals surface area contributed by atoms with Gasteiger partial charge in [-0.1, -0.05) is 22.0 Å². The number of benzene rings is 1. The highest BCUT2D eigenvalue weighted by Gasteiger charge is 2.06. The topological polar surface area (TPSA) is 43.8 Å². The molecule has 1 heterocycles. The van der Waals surface area contributed by atoms with Gasteiger partial charge in [-0.3, -0.25) is 0 Å². The minimum atomic E-state index is -0.231. The summed E-state index contributed by atoms with van der Waals surface area (Å²) in [5.74, 6) is 0.522. The van der Waals surface area contributed by atoms with Gasteiger partial charge in [0.1, 0.15) is 11.6 Å². The Labute approximate surface area is 101 Å². The van der Waals surface area contributed by atoms with E-state index in [1.807, 2.05) is 10.6 Å². The number of halogens is 2. The summed E-state index contributed by atoms with van der Waals surface area (Å²) in [5.41, 5.74) is 6.15. The SMILES string of the molecule is NCc1nccn1Cc1ccc(Br)cc1F. The zero-order chi connectivity index (χ0) is 11.5. The van der Waals surface area contributed by atoms with Crippen LogP contribution in [0.3, 0.4) is 0 Å². The minimum Gasteiger partial charge on any atom is -0.329 e. The van der Waals surface area contributed by atoms with Gasteiger partial charge in [0.2, 0.25) is 0 Å². The van der Waals surface area contributed by atoms with E-state index in [2.05, 4.69) is 20.9 Å². The molecule has 1 aromatic heterocycles. The number of nitrogens with two attached hydrogens (primary N) is 1. The van der Waals surface area contributed by atoms with Crippen LogP contribution in [0.5, 0.6) is 0 Å². The van der Waals surface area contributed by atoms with Crippen molar-refractivity contribution in [1.29, 1.82) is 0 Å². The maximum Gasteiger partial charge on any atom is 0.129 e. The van der Waals surface area contributed by atoms with Crippen molar-refractivity contribution >= 4 is 15.9 Å². The second-order valence-electron chi connectivity index (χ2n) is 3.41. The van der Waals surface area contributed by atoms with Gasteiger partial charge in [-0.25, -0.2) is 9.37 Å². The Morgan fingerprint density at radius 3 is 2.94 bits per heavy atom. The summed E-state index contributed by atoms with van der Waals surface area (Å²) in [7, 11) is 0. The molecule has 0 aliphatic heterocycles. The lowest BCUT2D eigenvalue weighted by atomic mass is 10.2. The van der Waals surface area contributed by atoms with Crippen LogP contribution < -0.4 is 5.73 Å². The molecule has 0 spiro atoms. The van der Waals surface area contributed by atoms with Crippen molar-refractivity contribution < 1.29 is 4.39 Å². The van der Waals surface area contributed by atoms with E-state index in [0.29, 0.717) is 18.7 Å². The van der Waals surface area contributed by atoms with Crippen molar-refractivity contribution in [2.24, 2.45) is 5.73 Å². The largest absolute Gasteiger partial charge is 0.329 e. The number of nitrogens with zero attached hydrogens (tertiary/aromatic N) is 2. The molecule has 2 rings (SSSR count). The van der Waals surface area contributed by atoms with Gasteiger partial charge in [0, 0.05) is 22.4 Å². The quantitative estimate of drug-likeness (QED) is 0.939. The second-order valence-corrected chi connectivity index (χ2v) is 4.33. The fourth-order valence-corrected chi connectivity index (χ4v) is 1.84. The van der Waals surface area contributed by atoms with Crippen molar-refractivity contribution in [3.63, 3.8) is 0 Å². The molecule has 0 radical (unpaired) electrons. The van der Waals surface area contributed by atoms with Crippen LogP contribution >= 0.6 is 15.9 Å². The van der Waals surface area contributed by atoms with Crippen molar-refractivity contribution in [3.8, 4) is 0 Å². The molecule has 2 N–H and O–H groups in total. The average Bonchev–Trinajstić information content (AvgIpc) is 2.69. The summed E-state index contributed by atoms with van der Waals surface area (Å²) in [5, 5.41) is 0. The Bertz CT molecular complexity index is 496. The van der Waals surface area contributed by atoms with Gasteiger partial charge < -0.3 is 10.3 Å². The van der Waals surface area contributed by atoms with E-state index in [0.717, 1.165) is 10.3 Å². The van der Waals surface area contributed by atoms with Crippen LogP contribution in [0.4, 0.5) is 4.39 Å². The van der Waals surface area contributed by atoms with Crippen LogP contribution in [0.2, 0.25) is 0 Å². The second kappa shape index (κ2) is 4.76. The fraction of sp³-hybridized carbons (Fsp3) is 0.182. The maximum absolute atomic E-state index is 13.6. The average molecular weight is 284 g/mol. The molecule has 84 valence electrons. The first-order valence-corrected chi connectivity index (χ1v) is 5.64. The third kappa shape index (κ3) is 2.31. The molecule has 0 amide bonds. The molecule has 0 atom stereocenters. The third-order valence-electron chi connectivity index (χ3n) is 2.34. The Morgan fingerprint density at radius 1 is 1.44 bits per heavy atom. The fourth-order valence-electron chi connectivity index (χ4n) is 1.51. The summed E-state index contributed by atoms with van der Waals surface area (Å²) in [4.78, 5) is 4.08.